The van der Waals surface area contributed by atoms with E-state index >= 15 is 0 Å². The number of ether oxygens (including phenoxy) is 1. The zero-order valence-electron chi connectivity index (χ0n) is 8.17. The first-order valence-corrected chi connectivity index (χ1v) is 5.36. The van der Waals surface area contributed by atoms with E-state index in [1.165, 1.54) is 0 Å². The topological polar surface area (TPSA) is 34.1 Å². The maximum atomic E-state index is 4.96. The maximum Gasteiger partial charge on any atom is 0.182 e. The number of nitrogens with one attached hydrogen (secondary N) is 1. The van der Waals surface area contributed by atoms with Crippen LogP contribution in [-0.4, -0.2) is 25.2 Å². The molecule has 0 amide bonds. The largest absolute Gasteiger partial charge is 0.385 e. The van der Waals surface area contributed by atoms with Crippen LogP contribution >= 0.6 is 11.3 Å². The van der Waals surface area contributed by atoms with Gasteiger partial charge in [0.25, 0.3) is 0 Å². The Hall–Kier alpha value is -0.610. The molecule has 1 rings (SSSR count). The van der Waals surface area contributed by atoms with Gasteiger partial charge in [0.15, 0.2) is 5.13 Å². The van der Waals surface area contributed by atoms with Gasteiger partial charge < -0.3 is 10.1 Å². The molecule has 0 saturated heterocycles. The highest BCUT2D eigenvalue weighted by atomic mass is 32.1. The summed E-state index contributed by atoms with van der Waals surface area (Å²) in [6, 6.07) is 0. The second-order valence-electron chi connectivity index (χ2n) is 2.92. The number of nitrogens with zero attached hydrogens (tertiary/aromatic N) is 1. The minimum absolute atomic E-state index is 0.846. The average molecular weight is 200 g/mol. The molecule has 0 aliphatic carbocycles. The fourth-order valence-electron chi connectivity index (χ4n) is 1.00. The van der Waals surface area contributed by atoms with Gasteiger partial charge in [0.1, 0.15) is 0 Å². The van der Waals surface area contributed by atoms with Crippen molar-refractivity contribution >= 4 is 16.5 Å². The number of aromatic nitrogens is 1. The van der Waals surface area contributed by atoms with Gasteiger partial charge in [-0.25, -0.2) is 4.98 Å². The molecule has 0 unspecified atom stereocenters. The van der Waals surface area contributed by atoms with E-state index in [1.54, 1.807) is 18.4 Å². The average Bonchev–Trinajstić information content (AvgIpc) is 2.51. The van der Waals surface area contributed by atoms with Crippen molar-refractivity contribution in [1.29, 1.82) is 0 Å². The van der Waals surface area contributed by atoms with Crippen molar-refractivity contribution < 1.29 is 4.74 Å². The van der Waals surface area contributed by atoms with Gasteiger partial charge in [0.05, 0.1) is 5.69 Å². The van der Waals surface area contributed by atoms with E-state index in [1.807, 2.05) is 6.92 Å². The SMILES string of the molecule is COCCCCNc1nc(C)cs1. The Kier molecular flexibility index (Phi) is 4.78. The molecule has 0 aromatic carbocycles. The van der Waals surface area contributed by atoms with E-state index in [-0.39, 0.29) is 0 Å². The van der Waals surface area contributed by atoms with Crippen molar-refractivity contribution in [2.45, 2.75) is 19.8 Å². The van der Waals surface area contributed by atoms with E-state index in [9.17, 15) is 0 Å². The highest BCUT2D eigenvalue weighted by Gasteiger charge is 1.95. The third-order valence-corrected chi connectivity index (χ3v) is 2.59. The number of aryl methyl sites for hydroxylation is 1. The van der Waals surface area contributed by atoms with E-state index < -0.39 is 0 Å². The lowest BCUT2D eigenvalue weighted by atomic mass is 10.3. The zero-order valence-corrected chi connectivity index (χ0v) is 8.99. The van der Waals surface area contributed by atoms with Gasteiger partial charge in [-0.3, -0.25) is 0 Å². The Balaban J connectivity index is 2.06. The summed E-state index contributed by atoms with van der Waals surface area (Å²) in [6.07, 6.45) is 2.24. The van der Waals surface area contributed by atoms with Gasteiger partial charge in [0, 0.05) is 25.6 Å². The van der Waals surface area contributed by atoms with Crippen LogP contribution in [0.15, 0.2) is 5.38 Å². The molecular formula is C9H16N2OS. The fourth-order valence-corrected chi connectivity index (χ4v) is 1.72. The first-order chi connectivity index (χ1) is 6.33. The second-order valence-corrected chi connectivity index (χ2v) is 3.78. The molecule has 0 aliphatic rings. The minimum atomic E-state index is 0.846. The predicted molar refractivity (Wildman–Crippen MR) is 56.5 cm³/mol. The van der Waals surface area contributed by atoms with Crippen LogP contribution < -0.4 is 5.32 Å². The number of thiazole rings is 1. The number of anilines is 1. The summed E-state index contributed by atoms with van der Waals surface area (Å²) in [5.74, 6) is 0. The van der Waals surface area contributed by atoms with Crippen LogP contribution in [0, 0.1) is 6.92 Å². The van der Waals surface area contributed by atoms with Crippen molar-refractivity contribution in [3.63, 3.8) is 0 Å². The molecule has 0 spiro atoms. The molecule has 1 aromatic rings. The lowest BCUT2D eigenvalue weighted by molar-refractivity contribution is 0.194. The van der Waals surface area contributed by atoms with Crippen molar-refractivity contribution in [3.05, 3.63) is 11.1 Å². The van der Waals surface area contributed by atoms with Crippen LogP contribution in [0.3, 0.4) is 0 Å². The van der Waals surface area contributed by atoms with Crippen molar-refractivity contribution in [2.75, 3.05) is 25.6 Å². The van der Waals surface area contributed by atoms with Gasteiger partial charge in [-0.05, 0) is 19.8 Å². The summed E-state index contributed by atoms with van der Waals surface area (Å²) in [7, 11) is 1.73. The van der Waals surface area contributed by atoms with E-state index in [0.29, 0.717) is 0 Å². The Morgan fingerprint density at radius 1 is 1.54 bits per heavy atom. The molecule has 0 aliphatic heterocycles. The van der Waals surface area contributed by atoms with E-state index in [4.69, 9.17) is 4.74 Å². The van der Waals surface area contributed by atoms with Crippen LogP contribution in [0.4, 0.5) is 5.13 Å². The number of hydrogen-bond acceptors (Lipinski definition) is 4. The molecule has 1 N–H and O–H groups in total. The smallest absolute Gasteiger partial charge is 0.182 e. The molecule has 0 saturated carbocycles. The zero-order chi connectivity index (χ0) is 9.52. The lowest BCUT2D eigenvalue weighted by Gasteiger charge is -2.01. The standard InChI is InChI=1S/C9H16N2OS/c1-8-7-13-9(11-8)10-5-3-4-6-12-2/h7H,3-6H2,1-2H3,(H,10,11). The molecule has 1 aromatic heterocycles. The summed E-state index contributed by atoms with van der Waals surface area (Å²) < 4.78 is 4.96. The van der Waals surface area contributed by atoms with Gasteiger partial charge in [-0.15, -0.1) is 11.3 Å². The Morgan fingerprint density at radius 2 is 2.38 bits per heavy atom. The van der Waals surface area contributed by atoms with Gasteiger partial charge in [-0.1, -0.05) is 0 Å². The normalized spacial score (nSPS) is 10.3. The van der Waals surface area contributed by atoms with Crippen LogP contribution in [0.25, 0.3) is 0 Å². The Bertz CT molecular complexity index is 237. The molecule has 0 bridgehead atoms. The Morgan fingerprint density at radius 3 is 3.00 bits per heavy atom. The van der Waals surface area contributed by atoms with Crippen molar-refractivity contribution in [2.24, 2.45) is 0 Å². The van der Waals surface area contributed by atoms with Gasteiger partial charge >= 0.3 is 0 Å². The third kappa shape index (κ3) is 4.24. The third-order valence-electron chi connectivity index (χ3n) is 1.67. The van der Waals surface area contributed by atoms with Crippen molar-refractivity contribution in [3.8, 4) is 0 Å². The van der Waals surface area contributed by atoms with Crippen LogP contribution in [-0.2, 0) is 4.74 Å². The number of rotatable bonds is 6. The van der Waals surface area contributed by atoms with Crippen LogP contribution in [0.5, 0.6) is 0 Å². The Labute approximate surface area is 83.1 Å². The van der Waals surface area contributed by atoms with Gasteiger partial charge in [0.2, 0.25) is 0 Å². The molecule has 3 nitrogen and oxygen atoms in total. The molecule has 4 heteroatoms. The number of hydrogen-bond donors (Lipinski definition) is 1. The molecule has 74 valence electrons. The summed E-state index contributed by atoms with van der Waals surface area (Å²) in [4.78, 5) is 4.30. The molecule has 0 radical (unpaired) electrons. The number of unbranched alkanes of at least 4 members (excludes halogenated alkanes) is 1. The molecule has 0 atom stereocenters. The van der Waals surface area contributed by atoms with Crippen molar-refractivity contribution in [1.82, 2.24) is 4.98 Å². The van der Waals surface area contributed by atoms with E-state index in [2.05, 4.69) is 15.7 Å². The quantitative estimate of drug-likeness (QED) is 0.715. The van der Waals surface area contributed by atoms with Crippen LogP contribution in [0.2, 0.25) is 0 Å². The minimum Gasteiger partial charge on any atom is -0.385 e. The maximum absolute atomic E-state index is 4.96. The second kappa shape index (κ2) is 5.94. The highest BCUT2D eigenvalue weighted by molar-refractivity contribution is 7.13. The summed E-state index contributed by atoms with van der Waals surface area (Å²) in [5, 5.41) is 6.35. The van der Waals surface area contributed by atoms with E-state index in [0.717, 1.165) is 36.8 Å². The highest BCUT2D eigenvalue weighted by Crippen LogP contribution is 2.13. The molecule has 0 fully saturated rings. The molecule has 13 heavy (non-hydrogen) atoms. The summed E-state index contributed by atoms with van der Waals surface area (Å²) in [6.45, 7) is 3.83. The predicted octanol–water partition coefficient (Wildman–Crippen LogP) is 2.29. The van der Waals surface area contributed by atoms with Crippen LogP contribution in [0.1, 0.15) is 18.5 Å². The molecule has 1 heterocycles. The van der Waals surface area contributed by atoms with Gasteiger partial charge in [-0.2, -0.15) is 0 Å². The first kappa shape index (κ1) is 10.5. The lowest BCUT2D eigenvalue weighted by Crippen LogP contribution is -2.02. The number of methoxy groups -OCH3 is 1. The summed E-state index contributed by atoms with van der Waals surface area (Å²) >= 11 is 1.66. The first-order valence-electron chi connectivity index (χ1n) is 4.48. The summed E-state index contributed by atoms with van der Waals surface area (Å²) in [5.41, 5.74) is 1.09. The molecular weight excluding hydrogens is 184 g/mol. The fraction of sp³-hybridized carbons (Fsp3) is 0.667. The monoisotopic (exact) mass is 200 g/mol.